The Bertz CT molecular complexity index is 462. The van der Waals surface area contributed by atoms with Crippen molar-refractivity contribution in [3.63, 3.8) is 0 Å². The molecular weight excluding hydrogens is 312 g/mol. The summed E-state index contributed by atoms with van der Waals surface area (Å²) >= 11 is 6.11. The Morgan fingerprint density at radius 1 is 1.00 bits per heavy atom. The maximum Gasteiger partial charge on any atom is 0.127 e. The fraction of sp³-hybridized carbons (Fsp3) is 0.667. The lowest BCUT2D eigenvalue weighted by molar-refractivity contribution is -1.01. The normalized spacial score (nSPS) is 21.3. The second kappa shape index (κ2) is 10.1. The third kappa shape index (κ3) is 6.30. The Morgan fingerprint density at radius 2 is 1.74 bits per heavy atom. The Balaban J connectivity index is 1.54. The summed E-state index contributed by atoms with van der Waals surface area (Å²) in [6, 6.07) is 5.83. The maximum atomic E-state index is 6.11. The van der Waals surface area contributed by atoms with Crippen molar-refractivity contribution >= 4 is 11.6 Å². The van der Waals surface area contributed by atoms with E-state index < -0.39 is 0 Å². The molecule has 0 unspecified atom stereocenters. The van der Waals surface area contributed by atoms with Crippen LogP contribution < -0.4 is 14.5 Å². The van der Waals surface area contributed by atoms with Gasteiger partial charge in [0.05, 0.1) is 19.8 Å². The number of likely N-dealkylation sites (N-methyl/N-ethyl adjacent to an activating group) is 1. The summed E-state index contributed by atoms with van der Waals surface area (Å²) in [5.74, 6) is 0.874. The molecule has 0 amide bonds. The van der Waals surface area contributed by atoms with Gasteiger partial charge in [-0.1, -0.05) is 18.5 Å². The topological polar surface area (TPSA) is 27.3 Å². The summed E-state index contributed by atoms with van der Waals surface area (Å²) in [7, 11) is 0. The van der Waals surface area contributed by atoms with Crippen molar-refractivity contribution in [3.05, 3.63) is 28.8 Å². The first-order valence-corrected chi connectivity index (χ1v) is 9.26. The molecule has 23 heavy (non-hydrogen) atoms. The second-order valence-electron chi connectivity index (χ2n) is 6.17. The first-order chi connectivity index (χ1) is 11.2. The highest BCUT2D eigenvalue weighted by atomic mass is 35.5. The van der Waals surface area contributed by atoms with Crippen LogP contribution in [0.4, 0.5) is 0 Å². The molecule has 0 atom stereocenters. The summed E-state index contributed by atoms with van der Waals surface area (Å²) in [4.78, 5) is 3.41. The molecular formula is C18H31ClN2O2+2. The molecule has 1 fully saturated rings. The summed E-state index contributed by atoms with van der Waals surface area (Å²) in [6.45, 7) is 13.9. The van der Waals surface area contributed by atoms with Gasteiger partial charge < -0.3 is 19.3 Å². The second-order valence-corrected chi connectivity index (χ2v) is 6.58. The van der Waals surface area contributed by atoms with Gasteiger partial charge in [-0.2, -0.15) is 0 Å². The Labute approximate surface area is 145 Å². The third-order valence-corrected chi connectivity index (χ3v) is 5.03. The average molecular weight is 343 g/mol. The minimum Gasteiger partial charge on any atom is -0.491 e. The Morgan fingerprint density at radius 3 is 2.43 bits per heavy atom. The van der Waals surface area contributed by atoms with Crippen LogP contribution in [0, 0.1) is 0 Å². The number of nitrogens with one attached hydrogen (secondary N) is 2. The molecule has 1 aliphatic rings. The number of benzene rings is 1. The van der Waals surface area contributed by atoms with Crippen molar-refractivity contribution in [2.24, 2.45) is 0 Å². The molecule has 130 valence electrons. The summed E-state index contributed by atoms with van der Waals surface area (Å²) in [6.07, 6.45) is 0.919. The fourth-order valence-corrected chi connectivity index (χ4v) is 3.26. The molecule has 1 aliphatic heterocycles. The molecule has 2 N–H and O–H groups in total. The lowest BCUT2D eigenvalue weighted by Gasteiger charge is -2.28. The molecule has 0 bridgehead atoms. The quantitative estimate of drug-likeness (QED) is 0.623. The highest BCUT2D eigenvalue weighted by Gasteiger charge is 2.20. The number of halogens is 1. The van der Waals surface area contributed by atoms with E-state index in [2.05, 4.69) is 13.8 Å². The Hall–Kier alpha value is -0.810. The predicted octanol–water partition coefficient (Wildman–Crippen LogP) is 0.101. The lowest BCUT2D eigenvalue weighted by atomic mass is 10.1. The van der Waals surface area contributed by atoms with E-state index in [4.69, 9.17) is 21.1 Å². The summed E-state index contributed by atoms with van der Waals surface area (Å²) in [5.41, 5.74) is 1.13. The monoisotopic (exact) mass is 342 g/mol. The van der Waals surface area contributed by atoms with E-state index in [-0.39, 0.29) is 0 Å². The number of aryl methyl sites for hydroxylation is 1. The van der Waals surface area contributed by atoms with Crippen molar-refractivity contribution in [1.82, 2.24) is 0 Å². The van der Waals surface area contributed by atoms with Crippen LogP contribution in [0.3, 0.4) is 0 Å². The van der Waals surface area contributed by atoms with Crippen molar-refractivity contribution in [2.75, 3.05) is 59.1 Å². The number of hydrogen-bond acceptors (Lipinski definition) is 2. The van der Waals surface area contributed by atoms with E-state index in [1.54, 1.807) is 9.80 Å². The van der Waals surface area contributed by atoms with Crippen LogP contribution in [0.2, 0.25) is 5.02 Å². The van der Waals surface area contributed by atoms with E-state index in [0.29, 0.717) is 13.2 Å². The molecule has 1 saturated heterocycles. The summed E-state index contributed by atoms with van der Waals surface area (Å²) in [5, 5.41) is 0.809. The van der Waals surface area contributed by atoms with Crippen LogP contribution in [0.1, 0.15) is 19.4 Å². The Kier molecular flexibility index (Phi) is 8.17. The van der Waals surface area contributed by atoms with Gasteiger partial charge >= 0.3 is 0 Å². The summed E-state index contributed by atoms with van der Waals surface area (Å²) < 4.78 is 11.4. The number of ether oxygens (including phenoxy) is 2. The minimum atomic E-state index is 0.591. The zero-order chi connectivity index (χ0) is 16.5. The van der Waals surface area contributed by atoms with Crippen LogP contribution in [-0.2, 0) is 11.2 Å². The lowest BCUT2D eigenvalue weighted by Crippen LogP contribution is -3.28. The highest BCUT2D eigenvalue weighted by molar-refractivity contribution is 6.31. The maximum absolute atomic E-state index is 6.11. The predicted molar refractivity (Wildman–Crippen MR) is 93.9 cm³/mol. The molecule has 1 heterocycles. The first-order valence-electron chi connectivity index (χ1n) is 8.89. The van der Waals surface area contributed by atoms with E-state index in [9.17, 15) is 0 Å². The van der Waals surface area contributed by atoms with Gasteiger partial charge in [0, 0.05) is 5.02 Å². The van der Waals surface area contributed by atoms with Gasteiger partial charge in [-0.3, -0.25) is 0 Å². The van der Waals surface area contributed by atoms with Gasteiger partial charge in [0.25, 0.3) is 0 Å². The van der Waals surface area contributed by atoms with Crippen molar-refractivity contribution in [1.29, 1.82) is 0 Å². The van der Waals surface area contributed by atoms with Crippen LogP contribution in [0.15, 0.2) is 18.2 Å². The zero-order valence-electron chi connectivity index (χ0n) is 14.5. The molecule has 0 radical (unpaired) electrons. The van der Waals surface area contributed by atoms with Gasteiger partial charge in [-0.25, -0.2) is 0 Å². The molecule has 1 aromatic rings. The molecule has 2 rings (SSSR count). The van der Waals surface area contributed by atoms with Crippen molar-refractivity contribution < 1.29 is 19.3 Å². The smallest absolute Gasteiger partial charge is 0.127 e. The number of piperazine rings is 1. The number of hydrogen-bond donors (Lipinski definition) is 2. The van der Waals surface area contributed by atoms with Crippen LogP contribution in [0.5, 0.6) is 5.75 Å². The molecule has 4 nitrogen and oxygen atoms in total. The van der Waals surface area contributed by atoms with Gasteiger partial charge in [0.1, 0.15) is 45.1 Å². The molecule has 0 saturated carbocycles. The molecule has 0 spiro atoms. The van der Waals surface area contributed by atoms with Gasteiger partial charge in [-0.15, -0.1) is 0 Å². The number of rotatable bonds is 9. The van der Waals surface area contributed by atoms with Crippen molar-refractivity contribution in [3.8, 4) is 5.75 Å². The fourth-order valence-electron chi connectivity index (χ4n) is 3.01. The van der Waals surface area contributed by atoms with Crippen LogP contribution in [-0.4, -0.2) is 59.1 Å². The van der Waals surface area contributed by atoms with Gasteiger partial charge in [-0.05, 0) is 37.1 Å². The SMILES string of the molecule is CCc1cc(OCCOCC[NH+]2CC[NH+](CC)CC2)ccc1Cl. The average Bonchev–Trinajstić information content (AvgIpc) is 2.59. The molecule has 1 aromatic carbocycles. The molecule has 0 aliphatic carbocycles. The largest absolute Gasteiger partial charge is 0.491 e. The zero-order valence-corrected chi connectivity index (χ0v) is 15.3. The van der Waals surface area contributed by atoms with Gasteiger partial charge in [0.2, 0.25) is 0 Å². The van der Waals surface area contributed by atoms with Crippen molar-refractivity contribution in [2.45, 2.75) is 20.3 Å². The molecule has 0 aromatic heterocycles. The number of quaternary nitrogens is 2. The third-order valence-electron chi connectivity index (χ3n) is 4.66. The first kappa shape index (κ1) is 18.5. The van der Waals surface area contributed by atoms with E-state index >= 15 is 0 Å². The van der Waals surface area contributed by atoms with E-state index in [0.717, 1.165) is 35.9 Å². The van der Waals surface area contributed by atoms with E-state index in [1.807, 2.05) is 18.2 Å². The highest BCUT2D eigenvalue weighted by Crippen LogP contribution is 2.22. The van der Waals surface area contributed by atoms with E-state index in [1.165, 1.54) is 32.7 Å². The van der Waals surface area contributed by atoms with Crippen LogP contribution >= 0.6 is 11.6 Å². The minimum absolute atomic E-state index is 0.591. The van der Waals surface area contributed by atoms with Gasteiger partial charge in [0.15, 0.2) is 0 Å². The standard InChI is InChI=1S/C18H29ClN2O2/c1-3-16-15-17(5-6-18(16)19)23-14-13-22-12-11-21-9-7-20(4-2)8-10-21/h5-6,15H,3-4,7-14H2,1-2H3/p+2. The van der Waals surface area contributed by atoms with Crippen LogP contribution in [0.25, 0.3) is 0 Å². The molecule has 5 heteroatoms.